The number of aryl methyl sites for hydroxylation is 1. The first kappa shape index (κ1) is 24.8. The molecule has 32 heavy (non-hydrogen) atoms. The first-order valence-corrected chi connectivity index (χ1v) is 10.5. The quantitative estimate of drug-likeness (QED) is 0.314. The second-order valence-corrected chi connectivity index (χ2v) is 7.68. The molecule has 2 atom stereocenters. The van der Waals surface area contributed by atoms with E-state index in [0.717, 1.165) is 11.1 Å². The predicted octanol–water partition coefficient (Wildman–Crippen LogP) is 0.113. The summed E-state index contributed by atoms with van der Waals surface area (Å²) in [5.74, 6) is -0.610. The molecule has 2 rings (SSSR count). The molecule has 0 radical (unpaired) electrons. The highest BCUT2D eigenvalue weighted by Crippen LogP contribution is 2.16. The number of rotatable bonds is 13. The Kier molecular flexibility index (Phi) is 9.61. The fourth-order valence-electron chi connectivity index (χ4n) is 3.12. The molecule has 2 unspecified atom stereocenters. The number of hydrogen-bond acceptors (Lipinski definition) is 8. The highest BCUT2D eigenvalue weighted by molar-refractivity contribution is 5.81. The molecule has 11 heteroatoms. The van der Waals surface area contributed by atoms with Gasteiger partial charge in [-0.2, -0.15) is 0 Å². The molecule has 0 bridgehead atoms. The van der Waals surface area contributed by atoms with Crippen molar-refractivity contribution in [3.8, 4) is 11.4 Å². The van der Waals surface area contributed by atoms with E-state index in [1.165, 1.54) is 0 Å². The van der Waals surface area contributed by atoms with E-state index in [0.29, 0.717) is 50.3 Å². The molecule has 3 amide bonds. The fourth-order valence-corrected chi connectivity index (χ4v) is 3.12. The van der Waals surface area contributed by atoms with Crippen LogP contribution in [0.2, 0.25) is 0 Å². The number of unbranched alkanes of at least 4 members (excludes halogenated alkanes) is 1. The van der Waals surface area contributed by atoms with Crippen LogP contribution < -0.4 is 22.5 Å². The second-order valence-electron chi connectivity index (χ2n) is 7.68. The summed E-state index contributed by atoms with van der Waals surface area (Å²) < 4.78 is 0. The lowest BCUT2D eigenvalue weighted by Gasteiger charge is -2.14. The third-order valence-electron chi connectivity index (χ3n) is 5.05. The highest BCUT2D eigenvalue weighted by atomic mass is 16.2. The Balaban J connectivity index is 1.71. The van der Waals surface area contributed by atoms with E-state index in [4.69, 9.17) is 17.2 Å². The van der Waals surface area contributed by atoms with Crippen LogP contribution in [0.5, 0.6) is 0 Å². The highest BCUT2D eigenvalue weighted by Gasteiger charge is 2.17. The molecule has 11 nitrogen and oxygen atoms in total. The number of nitrogens with one attached hydrogen (secondary N) is 1. The topological polar surface area (TPSA) is 193 Å². The summed E-state index contributed by atoms with van der Waals surface area (Å²) in [7, 11) is 0. The smallest absolute Gasteiger partial charge is 0.237 e. The Morgan fingerprint density at radius 3 is 2.16 bits per heavy atom. The molecule has 1 aromatic heterocycles. The van der Waals surface area contributed by atoms with Gasteiger partial charge in [0.2, 0.25) is 23.5 Å². The number of benzene rings is 1. The summed E-state index contributed by atoms with van der Waals surface area (Å²) in [6.45, 7) is 2.06. The van der Waals surface area contributed by atoms with Crippen LogP contribution in [0.3, 0.4) is 0 Å². The van der Waals surface area contributed by atoms with Crippen LogP contribution >= 0.6 is 0 Å². The molecule has 1 aromatic carbocycles. The van der Waals surface area contributed by atoms with E-state index in [-0.39, 0.29) is 12.3 Å². The third-order valence-corrected chi connectivity index (χ3v) is 5.05. The van der Waals surface area contributed by atoms with E-state index in [9.17, 15) is 14.4 Å². The zero-order valence-corrected chi connectivity index (χ0v) is 18.2. The third kappa shape index (κ3) is 8.34. The fraction of sp³-hybridized carbons (Fsp3) is 0.476. The van der Waals surface area contributed by atoms with Crippen LogP contribution in [0.25, 0.3) is 11.4 Å². The van der Waals surface area contributed by atoms with E-state index in [2.05, 4.69) is 25.7 Å². The van der Waals surface area contributed by atoms with Crippen molar-refractivity contribution in [3.63, 3.8) is 0 Å². The van der Waals surface area contributed by atoms with Crippen molar-refractivity contribution in [1.29, 1.82) is 0 Å². The van der Waals surface area contributed by atoms with Gasteiger partial charge >= 0.3 is 0 Å². The standard InChI is InChI=1S/C21H30N8O3/c1-13-26-28-20(29-27-13)16-8-6-14(7-9-16)12-25-21(32)17(22)5-3-2-4-15(19(24)31)10-11-18(23)30/h6-9,15,17H,2-5,10-12,22H2,1H3,(H2,23,30)(H2,24,31)(H,25,32). The lowest BCUT2D eigenvalue weighted by atomic mass is 9.94. The largest absolute Gasteiger partial charge is 0.370 e. The molecule has 0 saturated heterocycles. The Bertz CT molecular complexity index is 902. The minimum Gasteiger partial charge on any atom is -0.370 e. The zero-order chi connectivity index (χ0) is 23.5. The van der Waals surface area contributed by atoms with Crippen molar-refractivity contribution in [2.75, 3.05) is 0 Å². The first-order chi connectivity index (χ1) is 15.3. The molecular weight excluding hydrogens is 412 g/mol. The average molecular weight is 443 g/mol. The van der Waals surface area contributed by atoms with Crippen LogP contribution in [0, 0.1) is 12.8 Å². The van der Waals surface area contributed by atoms with Crippen molar-refractivity contribution < 1.29 is 14.4 Å². The van der Waals surface area contributed by atoms with Gasteiger partial charge in [0.05, 0.1) is 6.04 Å². The number of hydrogen-bond donors (Lipinski definition) is 4. The van der Waals surface area contributed by atoms with Gasteiger partial charge in [0.15, 0.2) is 5.82 Å². The number of aromatic nitrogens is 4. The van der Waals surface area contributed by atoms with Gasteiger partial charge in [0.1, 0.15) is 0 Å². The Labute approximate surface area is 186 Å². The van der Waals surface area contributed by atoms with Crippen LogP contribution in [0.4, 0.5) is 0 Å². The van der Waals surface area contributed by atoms with Crippen LogP contribution in [0.1, 0.15) is 49.9 Å². The van der Waals surface area contributed by atoms with Crippen molar-refractivity contribution in [1.82, 2.24) is 25.7 Å². The summed E-state index contributed by atoms with van der Waals surface area (Å²) >= 11 is 0. The molecule has 0 aliphatic carbocycles. The zero-order valence-electron chi connectivity index (χ0n) is 18.2. The summed E-state index contributed by atoms with van der Waals surface area (Å²) in [5, 5.41) is 18.6. The van der Waals surface area contributed by atoms with Gasteiger partial charge in [-0.3, -0.25) is 14.4 Å². The number of amides is 3. The van der Waals surface area contributed by atoms with Gasteiger partial charge in [0.25, 0.3) is 0 Å². The lowest BCUT2D eigenvalue weighted by Crippen LogP contribution is -2.40. The van der Waals surface area contributed by atoms with Crippen molar-refractivity contribution in [2.24, 2.45) is 23.1 Å². The average Bonchev–Trinajstić information content (AvgIpc) is 2.77. The van der Waals surface area contributed by atoms with Crippen molar-refractivity contribution in [3.05, 3.63) is 35.7 Å². The number of primary amides is 2. The van der Waals surface area contributed by atoms with Crippen molar-refractivity contribution >= 4 is 17.7 Å². The molecule has 0 saturated carbocycles. The number of carbonyl (C=O) groups is 3. The van der Waals surface area contributed by atoms with E-state index in [1.807, 2.05) is 24.3 Å². The summed E-state index contributed by atoms with van der Waals surface area (Å²) in [6, 6.07) is 6.75. The molecular formula is C21H30N8O3. The van der Waals surface area contributed by atoms with Gasteiger partial charge in [-0.15, -0.1) is 20.4 Å². The summed E-state index contributed by atoms with van der Waals surface area (Å²) in [6.07, 6.45) is 2.85. The van der Waals surface area contributed by atoms with Crippen LogP contribution in [0.15, 0.2) is 24.3 Å². The van der Waals surface area contributed by atoms with Gasteiger partial charge < -0.3 is 22.5 Å². The minimum atomic E-state index is -0.648. The molecule has 7 N–H and O–H groups in total. The minimum absolute atomic E-state index is 0.127. The van der Waals surface area contributed by atoms with E-state index in [1.54, 1.807) is 6.92 Å². The molecule has 172 valence electrons. The van der Waals surface area contributed by atoms with Crippen LogP contribution in [-0.2, 0) is 20.9 Å². The Morgan fingerprint density at radius 1 is 0.938 bits per heavy atom. The molecule has 1 heterocycles. The van der Waals surface area contributed by atoms with E-state index < -0.39 is 23.8 Å². The van der Waals surface area contributed by atoms with Gasteiger partial charge in [-0.1, -0.05) is 37.1 Å². The molecule has 0 aliphatic heterocycles. The molecule has 2 aromatic rings. The SMILES string of the molecule is Cc1nnc(-c2ccc(CNC(=O)C(N)CCCCC(CCC(N)=O)C(N)=O)cc2)nn1. The van der Waals surface area contributed by atoms with Gasteiger partial charge in [-0.05, 0) is 31.7 Å². The second kappa shape index (κ2) is 12.4. The maximum atomic E-state index is 12.3. The molecule has 0 aliphatic rings. The first-order valence-electron chi connectivity index (χ1n) is 10.5. The number of nitrogens with zero attached hydrogens (tertiary/aromatic N) is 4. The summed E-state index contributed by atoms with van der Waals surface area (Å²) in [5.41, 5.74) is 18.1. The Hall–Kier alpha value is -3.47. The summed E-state index contributed by atoms with van der Waals surface area (Å²) in [4.78, 5) is 34.6. The monoisotopic (exact) mass is 442 g/mol. The normalized spacial score (nSPS) is 12.7. The van der Waals surface area contributed by atoms with Gasteiger partial charge in [-0.25, -0.2) is 0 Å². The molecule has 0 spiro atoms. The van der Waals surface area contributed by atoms with Crippen LogP contribution in [-0.4, -0.2) is 44.2 Å². The Morgan fingerprint density at radius 2 is 1.56 bits per heavy atom. The number of carbonyl (C=O) groups excluding carboxylic acids is 3. The van der Waals surface area contributed by atoms with E-state index >= 15 is 0 Å². The molecule has 0 fully saturated rings. The number of nitrogens with two attached hydrogens (primary N) is 3. The lowest BCUT2D eigenvalue weighted by molar-refractivity contribution is -0.124. The maximum absolute atomic E-state index is 12.3. The predicted molar refractivity (Wildman–Crippen MR) is 117 cm³/mol. The van der Waals surface area contributed by atoms with Crippen molar-refractivity contribution in [2.45, 2.75) is 58.0 Å². The van der Waals surface area contributed by atoms with Gasteiger partial charge in [0, 0.05) is 24.4 Å². The maximum Gasteiger partial charge on any atom is 0.237 e.